The van der Waals surface area contributed by atoms with Crippen molar-refractivity contribution in [2.24, 2.45) is 0 Å². The number of ether oxygens (including phenoxy) is 1. The van der Waals surface area contributed by atoms with Gasteiger partial charge in [-0.2, -0.15) is 0 Å². The van der Waals surface area contributed by atoms with Crippen molar-refractivity contribution < 1.29 is 9.53 Å². The largest absolute Gasteiger partial charge is 0.362 e. The lowest BCUT2D eigenvalue weighted by molar-refractivity contribution is -0.141. The molecule has 1 amide bonds. The fourth-order valence-electron chi connectivity index (χ4n) is 1.68. The zero-order valence-corrected chi connectivity index (χ0v) is 7.88. The van der Waals surface area contributed by atoms with Gasteiger partial charge in [-0.25, -0.2) is 0 Å². The summed E-state index contributed by atoms with van der Waals surface area (Å²) >= 11 is 0. The summed E-state index contributed by atoms with van der Waals surface area (Å²) in [5.74, 6) is 0.128. The second-order valence-electron chi connectivity index (χ2n) is 3.25. The van der Waals surface area contributed by atoms with E-state index < -0.39 is 0 Å². The molecule has 70 valence electrons. The Hall–Kier alpha value is -0.570. The molecular formula is C9H17NO2. The van der Waals surface area contributed by atoms with Crippen molar-refractivity contribution in [3.8, 4) is 0 Å². The molecule has 0 aliphatic carbocycles. The summed E-state index contributed by atoms with van der Waals surface area (Å²) in [5.41, 5.74) is 0. The zero-order chi connectivity index (χ0) is 8.97. The number of methoxy groups -OCH3 is 1. The number of rotatable bonds is 1. The maximum absolute atomic E-state index is 11.2. The van der Waals surface area contributed by atoms with Crippen LogP contribution >= 0.6 is 0 Å². The van der Waals surface area contributed by atoms with Crippen molar-refractivity contribution in [1.29, 1.82) is 0 Å². The van der Waals surface area contributed by atoms with Crippen LogP contribution in [0, 0.1) is 0 Å². The molecule has 0 N–H and O–H groups in total. The summed E-state index contributed by atoms with van der Waals surface area (Å²) in [6.07, 6.45) is 4.49. The number of likely N-dealkylation sites (tertiary alicyclic amines) is 1. The Bertz CT molecular complexity index is 159. The average Bonchev–Trinajstić information content (AvgIpc) is 2.27. The summed E-state index contributed by atoms with van der Waals surface area (Å²) in [6, 6.07) is 0. The van der Waals surface area contributed by atoms with E-state index in [9.17, 15) is 4.79 Å². The van der Waals surface area contributed by atoms with Gasteiger partial charge < -0.3 is 9.64 Å². The highest BCUT2D eigenvalue weighted by Crippen LogP contribution is 2.16. The lowest BCUT2D eigenvalue weighted by Crippen LogP contribution is -2.39. The predicted octanol–water partition coefficient (Wildman–Crippen LogP) is 1.38. The van der Waals surface area contributed by atoms with E-state index in [1.807, 2.05) is 4.90 Å². The molecular weight excluding hydrogens is 154 g/mol. The summed E-state index contributed by atoms with van der Waals surface area (Å²) in [7, 11) is 1.67. The quantitative estimate of drug-likeness (QED) is 0.596. The van der Waals surface area contributed by atoms with Crippen molar-refractivity contribution >= 4 is 5.91 Å². The molecule has 1 rings (SSSR count). The van der Waals surface area contributed by atoms with Gasteiger partial charge in [0.2, 0.25) is 5.91 Å². The van der Waals surface area contributed by atoms with Gasteiger partial charge in [0, 0.05) is 20.6 Å². The third-order valence-corrected chi connectivity index (χ3v) is 2.37. The van der Waals surface area contributed by atoms with Crippen LogP contribution in [0.2, 0.25) is 0 Å². The van der Waals surface area contributed by atoms with Gasteiger partial charge >= 0.3 is 0 Å². The number of hydrogen-bond donors (Lipinski definition) is 0. The van der Waals surface area contributed by atoms with Gasteiger partial charge in [-0.3, -0.25) is 4.79 Å². The Balaban J connectivity index is 2.57. The maximum Gasteiger partial charge on any atom is 0.221 e. The first kappa shape index (κ1) is 9.52. The highest BCUT2D eigenvalue weighted by molar-refractivity contribution is 5.73. The number of carbonyl (C=O) groups excluding carboxylic acids is 1. The van der Waals surface area contributed by atoms with Gasteiger partial charge in [0.15, 0.2) is 0 Å². The number of nitrogens with zero attached hydrogens (tertiary/aromatic N) is 1. The molecule has 3 heteroatoms. The topological polar surface area (TPSA) is 29.5 Å². The summed E-state index contributed by atoms with van der Waals surface area (Å²) in [5, 5.41) is 0. The lowest BCUT2D eigenvalue weighted by Gasteiger charge is -2.27. The van der Waals surface area contributed by atoms with Gasteiger partial charge in [-0.1, -0.05) is 6.42 Å². The average molecular weight is 171 g/mol. The van der Waals surface area contributed by atoms with E-state index in [1.54, 1.807) is 14.0 Å². The zero-order valence-electron chi connectivity index (χ0n) is 7.88. The minimum absolute atomic E-state index is 0.0185. The first-order chi connectivity index (χ1) is 5.75. The monoisotopic (exact) mass is 171 g/mol. The third kappa shape index (κ3) is 2.21. The summed E-state index contributed by atoms with van der Waals surface area (Å²) < 4.78 is 5.25. The predicted molar refractivity (Wildman–Crippen MR) is 46.7 cm³/mol. The molecule has 3 nitrogen and oxygen atoms in total. The second-order valence-corrected chi connectivity index (χ2v) is 3.25. The highest BCUT2D eigenvalue weighted by Gasteiger charge is 2.21. The Morgan fingerprint density at radius 3 is 2.75 bits per heavy atom. The molecule has 1 heterocycles. The number of hydrogen-bond acceptors (Lipinski definition) is 2. The van der Waals surface area contributed by atoms with E-state index in [0.717, 1.165) is 19.4 Å². The molecule has 0 saturated carbocycles. The summed E-state index contributed by atoms with van der Waals surface area (Å²) in [4.78, 5) is 13.0. The molecule has 0 bridgehead atoms. The molecule has 1 unspecified atom stereocenters. The molecule has 1 aliphatic rings. The van der Waals surface area contributed by atoms with Crippen LogP contribution in [0.4, 0.5) is 0 Å². The second kappa shape index (κ2) is 4.45. The van der Waals surface area contributed by atoms with E-state index in [1.165, 1.54) is 12.8 Å². The van der Waals surface area contributed by atoms with Crippen LogP contribution in [0.5, 0.6) is 0 Å². The highest BCUT2D eigenvalue weighted by atomic mass is 16.5. The van der Waals surface area contributed by atoms with E-state index in [-0.39, 0.29) is 12.1 Å². The Morgan fingerprint density at radius 1 is 1.42 bits per heavy atom. The standard InChI is InChI=1S/C9H17NO2/c1-8(11)10-7-5-3-4-6-9(10)12-2/h9H,3-7H2,1-2H3. The van der Waals surface area contributed by atoms with Crippen LogP contribution < -0.4 is 0 Å². The van der Waals surface area contributed by atoms with Crippen LogP contribution in [0.1, 0.15) is 32.6 Å². The fraction of sp³-hybridized carbons (Fsp3) is 0.889. The van der Waals surface area contributed by atoms with Crippen molar-refractivity contribution in [3.05, 3.63) is 0 Å². The van der Waals surface area contributed by atoms with Crippen LogP contribution in [-0.2, 0) is 9.53 Å². The smallest absolute Gasteiger partial charge is 0.221 e. The van der Waals surface area contributed by atoms with Gasteiger partial charge in [-0.05, 0) is 19.3 Å². The van der Waals surface area contributed by atoms with Gasteiger partial charge in [0.1, 0.15) is 6.23 Å². The molecule has 1 saturated heterocycles. The van der Waals surface area contributed by atoms with Crippen LogP contribution in [0.15, 0.2) is 0 Å². The number of carbonyl (C=O) groups is 1. The van der Waals surface area contributed by atoms with Crippen molar-refractivity contribution in [1.82, 2.24) is 4.90 Å². The van der Waals surface area contributed by atoms with Crippen LogP contribution in [0.3, 0.4) is 0 Å². The molecule has 0 radical (unpaired) electrons. The van der Waals surface area contributed by atoms with Gasteiger partial charge in [0.25, 0.3) is 0 Å². The Morgan fingerprint density at radius 2 is 2.17 bits per heavy atom. The number of amides is 1. The first-order valence-corrected chi connectivity index (χ1v) is 4.55. The van der Waals surface area contributed by atoms with E-state index >= 15 is 0 Å². The van der Waals surface area contributed by atoms with E-state index in [0.29, 0.717) is 0 Å². The minimum Gasteiger partial charge on any atom is -0.362 e. The summed E-state index contributed by atoms with van der Waals surface area (Å²) in [6.45, 7) is 2.46. The van der Waals surface area contributed by atoms with E-state index in [4.69, 9.17) is 4.74 Å². The molecule has 0 aromatic heterocycles. The SMILES string of the molecule is COC1CCCCCN1C(C)=O. The third-order valence-electron chi connectivity index (χ3n) is 2.37. The van der Waals surface area contributed by atoms with Crippen molar-refractivity contribution in [3.63, 3.8) is 0 Å². The van der Waals surface area contributed by atoms with Crippen LogP contribution in [0.25, 0.3) is 0 Å². The fourth-order valence-corrected chi connectivity index (χ4v) is 1.68. The Kier molecular flexibility index (Phi) is 3.53. The molecule has 0 aromatic carbocycles. The molecule has 0 spiro atoms. The minimum atomic E-state index is 0.0185. The molecule has 12 heavy (non-hydrogen) atoms. The molecule has 1 aliphatic heterocycles. The Labute approximate surface area is 73.7 Å². The van der Waals surface area contributed by atoms with Gasteiger partial charge in [0.05, 0.1) is 0 Å². The van der Waals surface area contributed by atoms with Crippen LogP contribution in [-0.4, -0.2) is 30.7 Å². The molecule has 1 fully saturated rings. The molecule has 0 aromatic rings. The lowest BCUT2D eigenvalue weighted by atomic mass is 10.2. The van der Waals surface area contributed by atoms with Gasteiger partial charge in [-0.15, -0.1) is 0 Å². The van der Waals surface area contributed by atoms with Crippen molar-refractivity contribution in [2.75, 3.05) is 13.7 Å². The van der Waals surface area contributed by atoms with Crippen molar-refractivity contribution in [2.45, 2.75) is 38.8 Å². The normalized spacial score (nSPS) is 25.2. The van der Waals surface area contributed by atoms with E-state index in [2.05, 4.69) is 0 Å². The maximum atomic E-state index is 11.2. The molecule has 1 atom stereocenters. The first-order valence-electron chi connectivity index (χ1n) is 4.55.